The Morgan fingerprint density at radius 3 is 2.44 bits per heavy atom. The van der Waals surface area contributed by atoms with Crippen LogP contribution in [-0.2, 0) is 6.42 Å². The number of rotatable bonds is 4. The van der Waals surface area contributed by atoms with E-state index in [4.69, 9.17) is 0 Å². The Labute approximate surface area is 96.0 Å². The van der Waals surface area contributed by atoms with Crippen LogP contribution in [0.3, 0.4) is 0 Å². The number of hydrogen-bond donors (Lipinski definition) is 0. The molecule has 0 nitrogen and oxygen atoms in total. The van der Waals surface area contributed by atoms with Crippen LogP contribution in [0.5, 0.6) is 0 Å². The van der Waals surface area contributed by atoms with Crippen molar-refractivity contribution in [3.05, 3.63) is 29.6 Å². The van der Waals surface area contributed by atoms with Crippen molar-refractivity contribution in [1.82, 2.24) is 0 Å². The highest BCUT2D eigenvalue weighted by Gasteiger charge is 2.30. The highest BCUT2D eigenvalue weighted by molar-refractivity contribution is 8.00. The maximum Gasteiger partial charge on any atom is 0.446 e. The summed E-state index contributed by atoms with van der Waals surface area (Å²) >= 11 is -0.415. The first kappa shape index (κ1) is 13.4. The summed E-state index contributed by atoms with van der Waals surface area (Å²) in [4.78, 5) is -0.368. The zero-order valence-electron chi connectivity index (χ0n) is 8.77. The van der Waals surface area contributed by atoms with Crippen molar-refractivity contribution < 1.29 is 17.6 Å². The van der Waals surface area contributed by atoms with Gasteiger partial charge in [-0.3, -0.25) is 0 Å². The van der Waals surface area contributed by atoms with Gasteiger partial charge in [0.15, 0.2) is 0 Å². The van der Waals surface area contributed by atoms with Crippen LogP contribution in [0.2, 0.25) is 0 Å². The van der Waals surface area contributed by atoms with E-state index in [0.29, 0.717) is 6.42 Å². The summed E-state index contributed by atoms with van der Waals surface area (Å²) in [5.41, 5.74) is -3.70. The molecule has 0 aliphatic rings. The van der Waals surface area contributed by atoms with E-state index in [9.17, 15) is 17.6 Å². The van der Waals surface area contributed by atoms with Gasteiger partial charge in [-0.15, -0.1) is 0 Å². The molecule has 0 aromatic heterocycles. The molecule has 0 spiro atoms. The van der Waals surface area contributed by atoms with Crippen LogP contribution < -0.4 is 0 Å². The molecule has 0 aliphatic carbocycles. The van der Waals surface area contributed by atoms with E-state index in [-0.39, 0.29) is 4.90 Å². The van der Waals surface area contributed by atoms with Gasteiger partial charge in [0.1, 0.15) is 5.82 Å². The first-order valence-corrected chi connectivity index (χ1v) is 5.78. The van der Waals surface area contributed by atoms with Crippen molar-refractivity contribution in [2.24, 2.45) is 0 Å². The minimum absolute atomic E-state index is 0.368. The van der Waals surface area contributed by atoms with Crippen LogP contribution >= 0.6 is 11.8 Å². The molecule has 1 rings (SSSR count). The fourth-order valence-electron chi connectivity index (χ4n) is 1.29. The molecule has 0 heterocycles. The van der Waals surface area contributed by atoms with E-state index in [2.05, 4.69) is 0 Å². The Bertz CT molecular complexity index is 346. The molecular weight excluding hydrogens is 240 g/mol. The Morgan fingerprint density at radius 1 is 1.25 bits per heavy atom. The third-order valence-electron chi connectivity index (χ3n) is 2.04. The van der Waals surface area contributed by atoms with Crippen molar-refractivity contribution in [2.75, 3.05) is 0 Å². The van der Waals surface area contributed by atoms with Crippen LogP contribution in [0.4, 0.5) is 17.6 Å². The molecule has 0 atom stereocenters. The highest BCUT2D eigenvalue weighted by atomic mass is 32.2. The molecule has 0 fully saturated rings. The molecule has 0 N–H and O–H groups in total. The first-order valence-electron chi connectivity index (χ1n) is 4.96. The number of thioether (sulfide) groups is 1. The lowest BCUT2D eigenvalue weighted by molar-refractivity contribution is -0.0329. The van der Waals surface area contributed by atoms with E-state index >= 15 is 0 Å². The van der Waals surface area contributed by atoms with Crippen LogP contribution in [0, 0.1) is 5.82 Å². The lowest BCUT2D eigenvalue weighted by Gasteiger charge is -2.07. The lowest BCUT2D eigenvalue weighted by atomic mass is 10.1. The molecule has 90 valence electrons. The molecule has 0 radical (unpaired) electrons. The number of hydrogen-bond acceptors (Lipinski definition) is 1. The number of halogens is 4. The van der Waals surface area contributed by atoms with Gasteiger partial charge in [0, 0.05) is 0 Å². The first-order chi connectivity index (χ1) is 7.42. The van der Waals surface area contributed by atoms with E-state index < -0.39 is 23.1 Å². The van der Waals surface area contributed by atoms with E-state index in [1.165, 1.54) is 12.1 Å². The molecular formula is C11H12F4S. The van der Waals surface area contributed by atoms with Gasteiger partial charge in [-0.25, -0.2) is 4.39 Å². The van der Waals surface area contributed by atoms with Crippen molar-refractivity contribution in [2.45, 2.75) is 36.6 Å². The van der Waals surface area contributed by atoms with Gasteiger partial charge in [0.2, 0.25) is 0 Å². The van der Waals surface area contributed by atoms with Crippen LogP contribution in [0.25, 0.3) is 0 Å². The SMILES string of the molecule is CCCCc1ccc(SC(F)(F)F)c(F)c1. The summed E-state index contributed by atoms with van der Waals surface area (Å²) in [6.07, 6.45) is 2.58. The molecule has 0 unspecified atom stereocenters. The van der Waals surface area contributed by atoms with Gasteiger partial charge >= 0.3 is 5.51 Å². The van der Waals surface area contributed by atoms with Gasteiger partial charge < -0.3 is 0 Å². The van der Waals surface area contributed by atoms with Crippen molar-refractivity contribution >= 4 is 11.8 Å². The predicted molar refractivity (Wildman–Crippen MR) is 56.9 cm³/mol. The Morgan fingerprint density at radius 2 is 1.94 bits per heavy atom. The van der Waals surface area contributed by atoms with Crippen LogP contribution in [0.1, 0.15) is 25.3 Å². The van der Waals surface area contributed by atoms with Crippen LogP contribution in [0.15, 0.2) is 23.1 Å². The molecule has 0 saturated carbocycles. The third kappa shape index (κ3) is 4.43. The van der Waals surface area contributed by atoms with Gasteiger partial charge in [-0.05, 0) is 42.3 Å². The summed E-state index contributed by atoms with van der Waals surface area (Å²) in [6.45, 7) is 2.00. The maximum absolute atomic E-state index is 13.3. The minimum atomic E-state index is -4.44. The summed E-state index contributed by atoms with van der Waals surface area (Å²) in [7, 11) is 0. The predicted octanol–water partition coefficient (Wildman–Crippen LogP) is 4.78. The van der Waals surface area contributed by atoms with Gasteiger partial charge in [-0.2, -0.15) is 13.2 Å². The largest absolute Gasteiger partial charge is 0.446 e. The average Bonchev–Trinajstić information content (AvgIpc) is 2.17. The summed E-state index contributed by atoms with van der Waals surface area (Å²) < 4.78 is 49.3. The second kappa shape index (κ2) is 5.57. The summed E-state index contributed by atoms with van der Waals surface area (Å²) in [5.74, 6) is -0.795. The molecule has 5 heteroatoms. The van der Waals surface area contributed by atoms with E-state index in [0.717, 1.165) is 18.4 Å². The molecule has 0 amide bonds. The number of unbranched alkanes of at least 4 members (excludes halogenated alkanes) is 1. The zero-order valence-corrected chi connectivity index (χ0v) is 9.59. The molecule has 1 aromatic rings. The topological polar surface area (TPSA) is 0 Å². The van der Waals surface area contributed by atoms with Crippen molar-refractivity contribution in [1.29, 1.82) is 0 Å². The fraction of sp³-hybridized carbons (Fsp3) is 0.455. The molecule has 1 aromatic carbocycles. The zero-order chi connectivity index (χ0) is 12.2. The third-order valence-corrected chi connectivity index (χ3v) is 2.82. The second-order valence-electron chi connectivity index (χ2n) is 3.42. The van der Waals surface area contributed by atoms with Crippen molar-refractivity contribution in [3.8, 4) is 0 Å². The van der Waals surface area contributed by atoms with Crippen molar-refractivity contribution in [3.63, 3.8) is 0 Å². The van der Waals surface area contributed by atoms with Gasteiger partial charge in [-0.1, -0.05) is 19.4 Å². The standard InChI is InChI=1S/C11H12F4S/c1-2-3-4-8-5-6-10(9(12)7-8)16-11(13,14)15/h5-7H,2-4H2,1H3. The monoisotopic (exact) mass is 252 g/mol. The normalized spacial score (nSPS) is 11.8. The molecule has 0 bridgehead atoms. The second-order valence-corrected chi connectivity index (χ2v) is 4.52. The number of aryl methyl sites for hydroxylation is 1. The number of alkyl halides is 3. The molecule has 16 heavy (non-hydrogen) atoms. The smallest absolute Gasteiger partial charge is 0.206 e. The van der Waals surface area contributed by atoms with E-state index in [1.807, 2.05) is 6.92 Å². The highest BCUT2D eigenvalue weighted by Crippen LogP contribution is 2.38. The maximum atomic E-state index is 13.3. The minimum Gasteiger partial charge on any atom is -0.206 e. The number of benzene rings is 1. The summed E-state index contributed by atoms with van der Waals surface area (Å²) in [5, 5.41) is 0. The average molecular weight is 252 g/mol. The summed E-state index contributed by atoms with van der Waals surface area (Å²) in [6, 6.07) is 3.93. The Hall–Kier alpha value is -0.710. The quantitative estimate of drug-likeness (QED) is 0.549. The molecule has 0 aliphatic heterocycles. The van der Waals surface area contributed by atoms with Gasteiger partial charge in [0.05, 0.1) is 4.90 Å². The lowest BCUT2D eigenvalue weighted by Crippen LogP contribution is -2.00. The molecule has 0 saturated heterocycles. The van der Waals surface area contributed by atoms with Gasteiger partial charge in [0.25, 0.3) is 0 Å². The fourth-order valence-corrected chi connectivity index (χ4v) is 1.83. The van der Waals surface area contributed by atoms with Crippen LogP contribution in [-0.4, -0.2) is 5.51 Å². The Balaban J connectivity index is 2.75. The Kier molecular flexibility index (Phi) is 4.65. The van der Waals surface area contributed by atoms with E-state index in [1.54, 1.807) is 6.07 Å².